The van der Waals surface area contributed by atoms with Crippen molar-refractivity contribution in [1.82, 2.24) is 15.1 Å². The smallest absolute Gasteiger partial charge is 0.317 e. The van der Waals surface area contributed by atoms with Gasteiger partial charge in [0.2, 0.25) is 0 Å². The lowest BCUT2D eigenvalue weighted by Crippen LogP contribution is -2.49. The standard InChI is InChI=1S/C20H31N3O3/c24-20(21-17-18-5-2-1-3-6-18)23(19-7-13-25-14-8-19)10-4-9-22-11-15-26-16-12-22/h1-3,5-6,19H,4,7-17H2,(H,21,24). The maximum Gasteiger partial charge on any atom is 0.317 e. The first-order chi connectivity index (χ1) is 12.8. The second kappa shape index (κ2) is 10.5. The number of carbonyl (C=O) groups is 1. The Balaban J connectivity index is 1.50. The molecule has 1 N–H and O–H groups in total. The van der Waals surface area contributed by atoms with Crippen LogP contribution in [0.25, 0.3) is 0 Å². The van der Waals surface area contributed by atoms with Crippen LogP contribution in [0.4, 0.5) is 4.79 Å². The molecule has 144 valence electrons. The number of urea groups is 1. The highest BCUT2D eigenvalue weighted by molar-refractivity contribution is 5.74. The number of benzene rings is 1. The van der Waals surface area contributed by atoms with Crippen molar-refractivity contribution < 1.29 is 14.3 Å². The molecule has 26 heavy (non-hydrogen) atoms. The van der Waals surface area contributed by atoms with E-state index in [1.54, 1.807) is 0 Å². The van der Waals surface area contributed by atoms with E-state index in [1.807, 2.05) is 35.2 Å². The zero-order valence-electron chi connectivity index (χ0n) is 15.6. The molecule has 2 heterocycles. The van der Waals surface area contributed by atoms with Crippen molar-refractivity contribution in [2.45, 2.75) is 31.8 Å². The monoisotopic (exact) mass is 361 g/mol. The quantitative estimate of drug-likeness (QED) is 0.808. The number of nitrogens with zero attached hydrogens (tertiary/aromatic N) is 2. The molecule has 0 atom stereocenters. The van der Waals surface area contributed by atoms with Crippen LogP contribution in [0, 0.1) is 0 Å². The van der Waals surface area contributed by atoms with E-state index in [0.29, 0.717) is 6.54 Å². The largest absolute Gasteiger partial charge is 0.381 e. The van der Waals surface area contributed by atoms with E-state index in [4.69, 9.17) is 9.47 Å². The molecule has 0 bridgehead atoms. The van der Waals surface area contributed by atoms with Gasteiger partial charge in [0.05, 0.1) is 13.2 Å². The number of nitrogens with one attached hydrogen (secondary N) is 1. The fourth-order valence-corrected chi connectivity index (χ4v) is 3.61. The normalized spacial score (nSPS) is 19.2. The Kier molecular flexibility index (Phi) is 7.73. The van der Waals surface area contributed by atoms with Crippen molar-refractivity contribution in [1.29, 1.82) is 0 Å². The van der Waals surface area contributed by atoms with Gasteiger partial charge in [0.1, 0.15) is 0 Å². The van der Waals surface area contributed by atoms with Crippen LogP contribution in [0.15, 0.2) is 30.3 Å². The van der Waals surface area contributed by atoms with Crippen LogP contribution in [0.3, 0.4) is 0 Å². The van der Waals surface area contributed by atoms with Gasteiger partial charge in [-0.05, 0) is 24.8 Å². The summed E-state index contributed by atoms with van der Waals surface area (Å²) in [5.74, 6) is 0. The van der Waals surface area contributed by atoms with Crippen LogP contribution >= 0.6 is 0 Å². The SMILES string of the molecule is O=C(NCc1ccccc1)N(CCCN1CCOCC1)C1CCOCC1. The summed E-state index contributed by atoms with van der Waals surface area (Å²) in [6.07, 6.45) is 2.85. The Morgan fingerprint density at radius 3 is 2.50 bits per heavy atom. The number of ether oxygens (including phenoxy) is 2. The molecule has 6 nitrogen and oxygen atoms in total. The highest BCUT2D eigenvalue weighted by Gasteiger charge is 2.25. The summed E-state index contributed by atoms with van der Waals surface area (Å²) < 4.78 is 10.9. The van der Waals surface area contributed by atoms with E-state index in [-0.39, 0.29) is 12.1 Å². The number of carbonyl (C=O) groups excluding carboxylic acids is 1. The second-order valence-electron chi connectivity index (χ2n) is 6.99. The Morgan fingerprint density at radius 1 is 1.08 bits per heavy atom. The summed E-state index contributed by atoms with van der Waals surface area (Å²) in [6, 6.07) is 10.4. The Bertz CT molecular complexity index is 528. The number of amides is 2. The van der Waals surface area contributed by atoms with Crippen LogP contribution in [0.5, 0.6) is 0 Å². The van der Waals surface area contributed by atoms with E-state index in [2.05, 4.69) is 10.2 Å². The summed E-state index contributed by atoms with van der Waals surface area (Å²) in [5.41, 5.74) is 1.13. The van der Waals surface area contributed by atoms with Crippen molar-refractivity contribution in [3.8, 4) is 0 Å². The van der Waals surface area contributed by atoms with E-state index in [9.17, 15) is 4.79 Å². The van der Waals surface area contributed by atoms with Crippen molar-refractivity contribution in [3.05, 3.63) is 35.9 Å². The lowest BCUT2D eigenvalue weighted by molar-refractivity contribution is 0.0308. The maximum atomic E-state index is 12.8. The summed E-state index contributed by atoms with van der Waals surface area (Å²) in [4.78, 5) is 17.3. The van der Waals surface area contributed by atoms with Gasteiger partial charge in [-0.2, -0.15) is 0 Å². The summed E-state index contributed by atoms with van der Waals surface area (Å²) in [6.45, 7) is 7.52. The molecule has 2 saturated heterocycles. The zero-order valence-corrected chi connectivity index (χ0v) is 15.6. The molecule has 0 aliphatic carbocycles. The fraction of sp³-hybridized carbons (Fsp3) is 0.650. The van der Waals surface area contributed by atoms with E-state index < -0.39 is 0 Å². The molecule has 0 radical (unpaired) electrons. The number of hydrogen-bond donors (Lipinski definition) is 1. The van der Waals surface area contributed by atoms with Gasteiger partial charge in [0.15, 0.2) is 0 Å². The van der Waals surface area contributed by atoms with Gasteiger partial charge in [0.25, 0.3) is 0 Å². The molecule has 2 fully saturated rings. The molecular formula is C20H31N3O3. The minimum absolute atomic E-state index is 0.0442. The molecule has 0 aromatic heterocycles. The summed E-state index contributed by atoms with van der Waals surface area (Å²) >= 11 is 0. The Morgan fingerprint density at radius 2 is 1.77 bits per heavy atom. The number of hydrogen-bond acceptors (Lipinski definition) is 4. The molecule has 2 amide bonds. The van der Waals surface area contributed by atoms with E-state index in [1.165, 1.54) is 0 Å². The van der Waals surface area contributed by atoms with Crippen molar-refractivity contribution in [3.63, 3.8) is 0 Å². The first kappa shape index (κ1) is 19.1. The average Bonchev–Trinajstić information content (AvgIpc) is 2.72. The third-order valence-electron chi connectivity index (χ3n) is 5.16. The molecule has 2 aliphatic rings. The van der Waals surface area contributed by atoms with E-state index >= 15 is 0 Å². The Labute approximate surface area is 156 Å². The number of rotatable bonds is 7. The van der Waals surface area contributed by atoms with Crippen molar-refractivity contribution in [2.75, 3.05) is 52.6 Å². The van der Waals surface area contributed by atoms with Crippen LogP contribution in [-0.2, 0) is 16.0 Å². The van der Waals surface area contributed by atoms with Gasteiger partial charge >= 0.3 is 6.03 Å². The van der Waals surface area contributed by atoms with Gasteiger partial charge in [0, 0.05) is 52.0 Å². The van der Waals surface area contributed by atoms with Crippen LogP contribution < -0.4 is 5.32 Å². The molecule has 1 aromatic rings. The summed E-state index contributed by atoms with van der Waals surface area (Å²) in [7, 11) is 0. The van der Waals surface area contributed by atoms with Crippen molar-refractivity contribution >= 4 is 6.03 Å². The molecule has 3 rings (SSSR count). The van der Waals surface area contributed by atoms with Gasteiger partial charge in [-0.3, -0.25) is 4.90 Å². The maximum absolute atomic E-state index is 12.8. The topological polar surface area (TPSA) is 54.0 Å². The van der Waals surface area contributed by atoms with Crippen LogP contribution in [-0.4, -0.2) is 74.5 Å². The summed E-state index contributed by atoms with van der Waals surface area (Å²) in [5, 5.41) is 3.10. The van der Waals surface area contributed by atoms with E-state index in [0.717, 1.165) is 77.4 Å². The zero-order chi connectivity index (χ0) is 18.0. The molecule has 1 aromatic carbocycles. The van der Waals surface area contributed by atoms with Crippen LogP contribution in [0.1, 0.15) is 24.8 Å². The third kappa shape index (κ3) is 5.97. The lowest BCUT2D eigenvalue weighted by atomic mass is 10.1. The lowest BCUT2D eigenvalue weighted by Gasteiger charge is -2.35. The minimum Gasteiger partial charge on any atom is -0.381 e. The second-order valence-corrected chi connectivity index (χ2v) is 6.99. The fourth-order valence-electron chi connectivity index (χ4n) is 3.61. The Hall–Kier alpha value is -1.63. The predicted molar refractivity (Wildman–Crippen MR) is 101 cm³/mol. The van der Waals surface area contributed by atoms with Gasteiger partial charge in [-0.25, -0.2) is 4.79 Å². The van der Waals surface area contributed by atoms with Crippen LogP contribution in [0.2, 0.25) is 0 Å². The van der Waals surface area contributed by atoms with Gasteiger partial charge in [-0.15, -0.1) is 0 Å². The van der Waals surface area contributed by atoms with Gasteiger partial charge < -0.3 is 19.7 Å². The van der Waals surface area contributed by atoms with Gasteiger partial charge in [-0.1, -0.05) is 30.3 Å². The predicted octanol–water partition coefficient (Wildman–Crippen LogP) is 2.10. The van der Waals surface area contributed by atoms with Crippen molar-refractivity contribution in [2.24, 2.45) is 0 Å². The highest BCUT2D eigenvalue weighted by atomic mass is 16.5. The third-order valence-corrected chi connectivity index (χ3v) is 5.16. The molecule has 0 spiro atoms. The molecular weight excluding hydrogens is 330 g/mol. The molecule has 2 aliphatic heterocycles. The average molecular weight is 361 g/mol. The molecule has 0 saturated carbocycles. The molecule has 0 unspecified atom stereocenters. The minimum atomic E-state index is 0.0442. The first-order valence-corrected chi connectivity index (χ1v) is 9.79. The highest BCUT2D eigenvalue weighted by Crippen LogP contribution is 2.15. The molecule has 6 heteroatoms. The first-order valence-electron chi connectivity index (χ1n) is 9.79. The number of morpholine rings is 1.